The monoisotopic (exact) mass is 666 g/mol. The van der Waals surface area contributed by atoms with Crippen LogP contribution in [0, 0.1) is 18.6 Å². The molecule has 5 rings (SSSR count). The summed E-state index contributed by atoms with van der Waals surface area (Å²) >= 11 is 6.15. The molecular weight excluding hydrogens is 635 g/mol. The van der Waals surface area contributed by atoms with Crippen LogP contribution in [0.2, 0.25) is 5.02 Å². The van der Waals surface area contributed by atoms with E-state index in [1.807, 2.05) is 12.1 Å². The molecule has 0 spiro atoms. The number of ether oxygens (including phenoxy) is 2. The summed E-state index contributed by atoms with van der Waals surface area (Å²) in [5.41, 5.74) is 1.84. The van der Waals surface area contributed by atoms with Crippen LogP contribution in [0.3, 0.4) is 0 Å². The molecule has 0 aromatic heterocycles. The lowest BCUT2D eigenvalue weighted by Gasteiger charge is -2.29. The van der Waals surface area contributed by atoms with Gasteiger partial charge < -0.3 is 24.8 Å². The second-order valence-corrected chi connectivity index (χ2v) is 11.0. The number of rotatable bonds is 10. The first-order valence-electron chi connectivity index (χ1n) is 14.4. The van der Waals surface area contributed by atoms with Gasteiger partial charge in [-0.25, -0.2) is 8.78 Å². The number of halogens is 6. The molecule has 3 aromatic rings. The van der Waals surface area contributed by atoms with Crippen LogP contribution in [0.4, 0.5) is 22.0 Å². The Kier molecular flexibility index (Phi) is 11.6. The molecule has 0 unspecified atom stereocenters. The third-order valence-electron chi connectivity index (χ3n) is 7.49. The smallest absolute Gasteiger partial charge is 0.417 e. The van der Waals surface area contributed by atoms with Crippen molar-refractivity contribution in [3.63, 3.8) is 0 Å². The average molecular weight is 667 g/mol. The average Bonchev–Trinajstić information content (AvgIpc) is 3.87. The van der Waals surface area contributed by atoms with Gasteiger partial charge in [0.1, 0.15) is 19.0 Å². The van der Waals surface area contributed by atoms with Crippen LogP contribution in [0.1, 0.15) is 41.5 Å². The standard InChI is InChI=1S/C32H30ClF5N2O3.CH2O2/c1-19-5-12-27(34)30(29(19)35)43-16-15-42-23-10-6-20(7-11-23)24-13-14-39-17-25(24)31(41)40(22-8-9-22)18-21-3-2-4-26(28(21)33)32(36,37)38;2-1-3/h2-7,10-12,22,39H,8-9,13-18H2,1H3;1H,(H,2,3). The lowest BCUT2D eigenvalue weighted by Crippen LogP contribution is -2.39. The number of hydrogen-bond donors (Lipinski definition) is 2. The number of alkyl halides is 3. The Morgan fingerprint density at radius 2 is 1.74 bits per heavy atom. The molecule has 3 aromatic carbocycles. The van der Waals surface area contributed by atoms with Crippen LogP contribution in [0.25, 0.3) is 5.57 Å². The summed E-state index contributed by atoms with van der Waals surface area (Å²) in [7, 11) is 0. The zero-order valence-electron chi connectivity index (χ0n) is 24.8. The number of hydrogen-bond acceptors (Lipinski definition) is 5. The molecule has 1 heterocycles. The molecule has 2 aliphatic rings. The van der Waals surface area contributed by atoms with Crippen molar-refractivity contribution in [3.8, 4) is 11.5 Å². The predicted molar refractivity (Wildman–Crippen MR) is 162 cm³/mol. The number of nitrogens with zero attached hydrogens (tertiary/aromatic N) is 1. The van der Waals surface area contributed by atoms with Gasteiger partial charge in [-0.15, -0.1) is 0 Å². The van der Waals surface area contributed by atoms with Gasteiger partial charge >= 0.3 is 6.18 Å². The SMILES string of the molecule is Cc1ccc(F)c(OCCOc2ccc(C3=C(C(=O)N(Cc4cccc(C(F)(F)F)c4Cl)C4CC4)CNCC3)cc2)c1F.O=CO. The highest BCUT2D eigenvalue weighted by molar-refractivity contribution is 6.32. The zero-order chi connectivity index (χ0) is 33.4. The maximum atomic E-state index is 14.1. The molecule has 0 saturated heterocycles. The normalized spacial score (nSPS) is 14.7. The molecular formula is C33H32ClF5N2O5. The first kappa shape index (κ1) is 34.7. The van der Waals surface area contributed by atoms with E-state index in [0.29, 0.717) is 30.8 Å². The Bertz CT molecular complexity index is 1580. The van der Waals surface area contributed by atoms with Crippen molar-refractivity contribution in [2.45, 2.75) is 44.9 Å². The van der Waals surface area contributed by atoms with E-state index in [-0.39, 0.29) is 54.3 Å². The second kappa shape index (κ2) is 15.4. The van der Waals surface area contributed by atoms with Crippen LogP contribution in [-0.4, -0.2) is 54.7 Å². The molecule has 246 valence electrons. The van der Waals surface area contributed by atoms with E-state index in [4.69, 9.17) is 31.0 Å². The molecule has 1 amide bonds. The van der Waals surface area contributed by atoms with Crippen LogP contribution in [0.15, 0.2) is 60.2 Å². The highest BCUT2D eigenvalue weighted by Crippen LogP contribution is 2.39. The third-order valence-corrected chi connectivity index (χ3v) is 7.94. The molecule has 2 N–H and O–H groups in total. The van der Waals surface area contributed by atoms with Gasteiger partial charge in [0.2, 0.25) is 0 Å². The Labute approximate surface area is 267 Å². The fraction of sp³-hybridized carbons (Fsp3) is 0.333. The van der Waals surface area contributed by atoms with Crippen molar-refractivity contribution in [1.82, 2.24) is 10.2 Å². The van der Waals surface area contributed by atoms with Gasteiger partial charge in [-0.05, 0) is 79.3 Å². The largest absolute Gasteiger partial charge is 0.490 e. The third kappa shape index (κ3) is 8.55. The second-order valence-electron chi connectivity index (χ2n) is 10.7. The van der Waals surface area contributed by atoms with Gasteiger partial charge in [0.15, 0.2) is 17.4 Å². The molecule has 13 heteroatoms. The van der Waals surface area contributed by atoms with Gasteiger partial charge in [0.25, 0.3) is 12.4 Å². The molecule has 0 atom stereocenters. The van der Waals surface area contributed by atoms with Crippen LogP contribution in [-0.2, 0) is 22.3 Å². The van der Waals surface area contributed by atoms with Crippen molar-refractivity contribution >= 4 is 29.6 Å². The van der Waals surface area contributed by atoms with E-state index in [9.17, 15) is 26.7 Å². The first-order chi connectivity index (χ1) is 22.0. The lowest BCUT2D eigenvalue weighted by molar-refractivity contribution is -0.137. The molecule has 46 heavy (non-hydrogen) atoms. The van der Waals surface area contributed by atoms with E-state index < -0.39 is 29.1 Å². The Balaban J connectivity index is 0.00000154. The summed E-state index contributed by atoms with van der Waals surface area (Å²) < 4.78 is 79.2. The fourth-order valence-corrected chi connectivity index (χ4v) is 5.35. The van der Waals surface area contributed by atoms with Gasteiger partial charge in [-0.3, -0.25) is 9.59 Å². The fourth-order valence-electron chi connectivity index (χ4n) is 5.06. The zero-order valence-corrected chi connectivity index (χ0v) is 25.6. The number of benzene rings is 3. The summed E-state index contributed by atoms with van der Waals surface area (Å²) in [6, 6.07) is 13.3. The maximum Gasteiger partial charge on any atom is 0.417 e. The summed E-state index contributed by atoms with van der Waals surface area (Å²) in [4.78, 5) is 23.8. The first-order valence-corrected chi connectivity index (χ1v) is 14.8. The number of nitrogens with one attached hydrogen (secondary N) is 1. The van der Waals surface area contributed by atoms with E-state index >= 15 is 0 Å². The number of carbonyl (C=O) groups excluding carboxylic acids is 1. The molecule has 0 radical (unpaired) electrons. The molecule has 1 aliphatic heterocycles. The number of carbonyl (C=O) groups is 2. The predicted octanol–water partition coefficient (Wildman–Crippen LogP) is 7.04. The minimum absolute atomic E-state index is 0.0196. The molecule has 7 nitrogen and oxygen atoms in total. The van der Waals surface area contributed by atoms with E-state index in [2.05, 4.69) is 5.32 Å². The topological polar surface area (TPSA) is 88.1 Å². The minimum atomic E-state index is -4.59. The quantitative estimate of drug-likeness (QED) is 0.137. The van der Waals surface area contributed by atoms with Crippen molar-refractivity contribution in [1.29, 1.82) is 0 Å². The van der Waals surface area contributed by atoms with E-state index in [1.165, 1.54) is 25.1 Å². The van der Waals surface area contributed by atoms with Crippen LogP contribution < -0.4 is 14.8 Å². The summed E-state index contributed by atoms with van der Waals surface area (Å²) in [6.45, 7) is 2.23. The lowest BCUT2D eigenvalue weighted by atomic mass is 9.93. The highest BCUT2D eigenvalue weighted by Gasteiger charge is 2.38. The van der Waals surface area contributed by atoms with E-state index in [0.717, 1.165) is 36.1 Å². The number of aryl methyl sites for hydroxylation is 1. The molecule has 0 bridgehead atoms. The van der Waals surface area contributed by atoms with Gasteiger partial charge in [0.05, 0.1) is 10.6 Å². The van der Waals surface area contributed by atoms with Crippen molar-refractivity contribution < 1.29 is 46.1 Å². The van der Waals surface area contributed by atoms with E-state index in [1.54, 1.807) is 17.0 Å². The molecule has 1 aliphatic carbocycles. The highest BCUT2D eigenvalue weighted by atomic mass is 35.5. The van der Waals surface area contributed by atoms with Crippen molar-refractivity contribution in [2.75, 3.05) is 26.3 Å². The number of amides is 1. The van der Waals surface area contributed by atoms with Crippen molar-refractivity contribution in [2.24, 2.45) is 0 Å². The molecule has 1 saturated carbocycles. The summed E-state index contributed by atoms with van der Waals surface area (Å²) in [5.74, 6) is -1.69. The minimum Gasteiger partial charge on any atom is -0.490 e. The Morgan fingerprint density at radius 1 is 1.07 bits per heavy atom. The summed E-state index contributed by atoms with van der Waals surface area (Å²) in [5, 5.41) is 9.73. The van der Waals surface area contributed by atoms with Crippen molar-refractivity contribution in [3.05, 3.63) is 99.1 Å². The maximum absolute atomic E-state index is 14.1. The van der Waals surface area contributed by atoms with Crippen LogP contribution >= 0.6 is 11.6 Å². The summed E-state index contributed by atoms with van der Waals surface area (Å²) in [6.07, 6.45) is -2.45. The van der Waals surface area contributed by atoms with Gasteiger partial charge in [-0.1, -0.05) is 41.9 Å². The molecule has 1 fully saturated rings. The Hall–Kier alpha value is -4.16. The van der Waals surface area contributed by atoms with Gasteiger partial charge in [0, 0.05) is 24.7 Å². The van der Waals surface area contributed by atoms with Crippen LogP contribution in [0.5, 0.6) is 11.5 Å². The Morgan fingerprint density at radius 3 is 2.39 bits per heavy atom. The number of carboxylic acid groups (broad SMARTS) is 1. The van der Waals surface area contributed by atoms with Gasteiger partial charge in [-0.2, -0.15) is 13.2 Å².